The van der Waals surface area contributed by atoms with Gasteiger partial charge in [-0.2, -0.15) is 0 Å². The Kier molecular flexibility index (Phi) is 3.95. The van der Waals surface area contributed by atoms with Crippen molar-refractivity contribution in [3.63, 3.8) is 0 Å². The normalized spacial score (nSPS) is 17.3. The summed E-state index contributed by atoms with van der Waals surface area (Å²) in [5.74, 6) is 0.996. The van der Waals surface area contributed by atoms with Crippen LogP contribution >= 0.6 is 11.6 Å². The highest BCUT2D eigenvalue weighted by atomic mass is 35.5. The minimum Gasteiger partial charge on any atom is -0.348 e. The molecule has 4 heterocycles. The first-order valence-corrected chi connectivity index (χ1v) is 9.35. The Morgan fingerprint density at radius 3 is 3.00 bits per heavy atom. The van der Waals surface area contributed by atoms with Crippen molar-refractivity contribution in [1.82, 2.24) is 29.4 Å². The number of fused-ring (bicyclic) bond motifs is 2. The zero-order valence-corrected chi connectivity index (χ0v) is 15.7. The zero-order chi connectivity index (χ0) is 18.4. The lowest BCUT2D eigenvalue weighted by Gasteiger charge is -2.34. The molecule has 1 aromatic carbocycles. The van der Waals surface area contributed by atoms with Crippen LogP contribution in [0, 0.1) is 0 Å². The third-order valence-electron chi connectivity index (χ3n) is 5.20. The van der Waals surface area contributed by atoms with Crippen LogP contribution in [0.2, 0.25) is 5.02 Å². The number of aromatic nitrogens is 5. The summed E-state index contributed by atoms with van der Waals surface area (Å²) in [7, 11) is 2.03. The van der Waals surface area contributed by atoms with Crippen molar-refractivity contribution in [2.24, 2.45) is 7.05 Å². The van der Waals surface area contributed by atoms with E-state index in [9.17, 15) is 0 Å². The van der Waals surface area contributed by atoms with E-state index in [0.29, 0.717) is 0 Å². The van der Waals surface area contributed by atoms with E-state index in [-0.39, 0.29) is 6.04 Å². The second kappa shape index (κ2) is 6.48. The van der Waals surface area contributed by atoms with Crippen molar-refractivity contribution >= 4 is 22.5 Å². The molecule has 1 aliphatic heterocycles. The van der Waals surface area contributed by atoms with Crippen LogP contribution in [0.4, 0.5) is 0 Å². The van der Waals surface area contributed by atoms with Crippen LogP contribution in [-0.2, 0) is 20.0 Å². The van der Waals surface area contributed by atoms with Crippen LogP contribution in [0.1, 0.15) is 28.9 Å². The molecule has 27 heavy (non-hydrogen) atoms. The number of benzene rings is 1. The van der Waals surface area contributed by atoms with Gasteiger partial charge in [-0.25, -0.2) is 9.97 Å². The number of hydrogen-bond acceptors (Lipinski definition) is 4. The smallest absolute Gasteiger partial charge is 0.132 e. The number of imidazole rings is 2. The summed E-state index contributed by atoms with van der Waals surface area (Å²) in [4.78, 5) is 19.7. The molecule has 0 radical (unpaired) electrons. The van der Waals surface area contributed by atoms with Gasteiger partial charge >= 0.3 is 0 Å². The first-order valence-electron chi connectivity index (χ1n) is 8.97. The van der Waals surface area contributed by atoms with E-state index in [1.807, 2.05) is 37.6 Å². The zero-order valence-electron chi connectivity index (χ0n) is 14.9. The second-order valence-corrected chi connectivity index (χ2v) is 7.36. The molecule has 1 N–H and O–H groups in total. The number of nitrogens with one attached hydrogen (secondary N) is 1. The van der Waals surface area contributed by atoms with Gasteiger partial charge in [-0.1, -0.05) is 17.7 Å². The Morgan fingerprint density at radius 1 is 1.22 bits per heavy atom. The maximum Gasteiger partial charge on any atom is 0.132 e. The van der Waals surface area contributed by atoms with E-state index in [1.54, 1.807) is 6.33 Å². The number of H-pyrrole nitrogens is 1. The third-order valence-corrected chi connectivity index (χ3v) is 5.44. The lowest BCUT2D eigenvalue weighted by Crippen LogP contribution is -2.37. The van der Waals surface area contributed by atoms with Crippen LogP contribution in [0.3, 0.4) is 0 Å². The topological polar surface area (TPSA) is 62.6 Å². The fourth-order valence-corrected chi connectivity index (χ4v) is 4.04. The number of aryl methyl sites for hydroxylation is 1. The maximum atomic E-state index is 6.09. The highest BCUT2D eigenvalue weighted by Gasteiger charge is 2.33. The summed E-state index contributed by atoms with van der Waals surface area (Å²) >= 11 is 6.09. The molecule has 6 nitrogen and oxygen atoms in total. The monoisotopic (exact) mass is 378 g/mol. The van der Waals surface area contributed by atoms with E-state index in [2.05, 4.69) is 36.6 Å². The standard InChI is InChI=1S/C20H19ClN6/c1-26-9-7-22-20(26)19-18-17(23-12-24-18)6-8-27(19)11-15-4-2-13-10-14(21)3-5-16(13)25-15/h2-5,7,9-10,12,19H,6,8,11H2,1H3,(H,23,24). The molecule has 136 valence electrons. The van der Waals surface area contributed by atoms with Gasteiger partial charge < -0.3 is 9.55 Å². The third kappa shape index (κ3) is 2.91. The van der Waals surface area contributed by atoms with E-state index in [0.717, 1.165) is 52.6 Å². The number of pyridine rings is 1. The molecule has 1 unspecified atom stereocenters. The highest BCUT2D eigenvalue weighted by Crippen LogP contribution is 2.33. The molecular formula is C20H19ClN6. The van der Waals surface area contributed by atoms with Gasteiger partial charge in [-0.05, 0) is 24.3 Å². The minimum atomic E-state index is 0.0164. The van der Waals surface area contributed by atoms with Gasteiger partial charge in [0.2, 0.25) is 0 Å². The predicted molar refractivity (Wildman–Crippen MR) is 105 cm³/mol. The molecule has 0 saturated heterocycles. The second-order valence-electron chi connectivity index (χ2n) is 6.93. The van der Waals surface area contributed by atoms with Crippen molar-refractivity contribution in [3.05, 3.63) is 77.0 Å². The van der Waals surface area contributed by atoms with Gasteiger partial charge in [0, 0.05) is 55.1 Å². The Morgan fingerprint density at radius 2 is 2.15 bits per heavy atom. The summed E-state index contributed by atoms with van der Waals surface area (Å²) in [6.07, 6.45) is 6.54. The van der Waals surface area contributed by atoms with E-state index < -0.39 is 0 Å². The molecule has 0 fully saturated rings. The van der Waals surface area contributed by atoms with E-state index in [1.165, 1.54) is 5.69 Å². The first-order chi connectivity index (χ1) is 13.2. The Hall–Kier alpha value is -2.70. The van der Waals surface area contributed by atoms with Crippen LogP contribution in [0.25, 0.3) is 10.9 Å². The van der Waals surface area contributed by atoms with Crippen LogP contribution in [0.5, 0.6) is 0 Å². The Labute approximate surface area is 161 Å². The van der Waals surface area contributed by atoms with Gasteiger partial charge in [0.05, 0.1) is 23.2 Å². The first kappa shape index (κ1) is 16.5. The summed E-state index contributed by atoms with van der Waals surface area (Å²) in [5, 5.41) is 1.79. The van der Waals surface area contributed by atoms with Crippen molar-refractivity contribution in [3.8, 4) is 0 Å². The molecule has 0 saturated carbocycles. The number of halogens is 1. The van der Waals surface area contributed by atoms with Crippen molar-refractivity contribution in [1.29, 1.82) is 0 Å². The maximum absolute atomic E-state index is 6.09. The average molecular weight is 379 g/mol. The predicted octanol–water partition coefficient (Wildman–Crippen LogP) is 3.49. The number of nitrogens with zero attached hydrogens (tertiary/aromatic N) is 5. The van der Waals surface area contributed by atoms with E-state index in [4.69, 9.17) is 16.6 Å². The average Bonchev–Trinajstić information content (AvgIpc) is 3.30. The Bertz CT molecular complexity index is 1110. The quantitative estimate of drug-likeness (QED) is 0.592. The number of rotatable bonds is 3. The van der Waals surface area contributed by atoms with Crippen LogP contribution < -0.4 is 0 Å². The molecule has 1 atom stereocenters. The molecular weight excluding hydrogens is 360 g/mol. The van der Waals surface area contributed by atoms with Crippen LogP contribution in [-0.4, -0.2) is 35.9 Å². The van der Waals surface area contributed by atoms with Gasteiger partial charge in [0.1, 0.15) is 11.9 Å². The van der Waals surface area contributed by atoms with Gasteiger partial charge in [-0.3, -0.25) is 9.88 Å². The molecule has 0 amide bonds. The molecule has 4 aromatic rings. The fourth-order valence-electron chi connectivity index (χ4n) is 3.86. The molecule has 1 aliphatic rings. The molecule has 5 rings (SSSR count). The minimum absolute atomic E-state index is 0.0164. The van der Waals surface area contributed by atoms with Gasteiger partial charge in [0.25, 0.3) is 0 Å². The lowest BCUT2D eigenvalue weighted by molar-refractivity contribution is 0.188. The fraction of sp³-hybridized carbons (Fsp3) is 0.250. The highest BCUT2D eigenvalue weighted by molar-refractivity contribution is 6.31. The van der Waals surface area contributed by atoms with Crippen molar-refractivity contribution in [2.75, 3.05) is 6.54 Å². The van der Waals surface area contributed by atoms with Crippen molar-refractivity contribution in [2.45, 2.75) is 19.0 Å². The summed E-state index contributed by atoms with van der Waals surface area (Å²) < 4.78 is 2.07. The summed E-state index contributed by atoms with van der Waals surface area (Å²) in [6.45, 7) is 1.66. The van der Waals surface area contributed by atoms with Gasteiger partial charge in [0.15, 0.2) is 0 Å². The van der Waals surface area contributed by atoms with Crippen molar-refractivity contribution < 1.29 is 0 Å². The SMILES string of the molecule is Cn1ccnc1C1c2nc[nH]c2CCN1Cc1ccc2cc(Cl)ccc2n1. The number of aromatic amines is 1. The van der Waals surface area contributed by atoms with Crippen LogP contribution in [0.15, 0.2) is 49.1 Å². The van der Waals surface area contributed by atoms with E-state index >= 15 is 0 Å². The summed E-state index contributed by atoms with van der Waals surface area (Å²) in [6, 6.07) is 9.98. The molecule has 0 spiro atoms. The molecule has 0 bridgehead atoms. The molecule has 7 heteroatoms. The number of hydrogen-bond donors (Lipinski definition) is 1. The Balaban J connectivity index is 1.52. The molecule has 3 aromatic heterocycles. The summed E-state index contributed by atoms with van der Waals surface area (Å²) in [5.41, 5.74) is 4.24. The van der Waals surface area contributed by atoms with Gasteiger partial charge in [-0.15, -0.1) is 0 Å². The lowest BCUT2D eigenvalue weighted by atomic mass is 10.0. The largest absolute Gasteiger partial charge is 0.348 e. The molecule has 0 aliphatic carbocycles.